The van der Waals surface area contributed by atoms with E-state index in [4.69, 9.17) is 23.2 Å². The van der Waals surface area contributed by atoms with Crippen LogP contribution in [-0.2, 0) is 0 Å². The number of benzene rings is 2. The maximum absolute atomic E-state index is 6.42. The summed E-state index contributed by atoms with van der Waals surface area (Å²) in [5.41, 5.74) is 3.06. The highest BCUT2D eigenvalue weighted by Gasteiger charge is 2.10. The fourth-order valence-corrected chi connectivity index (χ4v) is 2.43. The Balaban J connectivity index is 2.57. The van der Waals surface area contributed by atoms with Crippen LogP contribution < -0.4 is 0 Å². The molecular formula is C15H13Cl2. The third-order valence-electron chi connectivity index (χ3n) is 2.70. The van der Waals surface area contributed by atoms with Crippen molar-refractivity contribution in [1.82, 2.24) is 0 Å². The maximum atomic E-state index is 6.42. The minimum Gasteiger partial charge on any atom is -0.0843 e. The van der Waals surface area contributed by atoms with E-state index in [9.17, 15) is 0 Å². The Morgan fingerprint density at radius 2 is 1.88 bits per heavy atom. The third-order valence-corrected chi connectivity index (χ3v) is 3.34. The molecule has 0 unspecified atom stereocenters. The second-order valence-corrected chi connectivity index (χ2v) is 5.10. The zero-order valence-electron chi connectivity index (χ0n) is 9.80. The van der Waals surface area contributed by atoms with E-state index in [0.717, 1.165) is 21.7 Å². The van der Waals surface area contributed by atoms with Gasteiger partial charge in [0.15, 0.2) is 0 Å². The molecule has 0 heterocycles. The minimum atomic E-state index is 0.398. The standard InChI is InChI=1S/C15H13Cl2/c1-10(2)13-7-4-8-14(15(13)17)11-5-3-6-12(16)9-11/h3-7,9-10H,1-2H3. The molecule has 0 nitrogen and oxygen atoms in total. The van der Waals surface area contributed by atoms with Crippen molar-refractivity contribution in [3.63, 3.8) is 0 Å². The Morgan fingerprint density at radius 3 is 2.53 bits per heavy atom. The van der Waals surface area contributed by atoms with Gasteiger partial charge in [0, 0.05) is 10.6 Å². The molecule has 2 aromatic rings. The van der Waals surface area contributed by atoms with Gasteiger partial charge in [0.25, 0.3) is 0 Å². The minimum absolute atomic E-state index is 0.398. The summed E-state index contributed by atoms with van der Waals surface area (Å²) in [6.07, 6.45) is 0. The van der Waals surface area contributed by atoms with Crippen molar-refractivity contribution in [2.75, 3.05) is 0 Å². The van der Waals surface area contributed by atoms with E-state index in [2.05, 4.69) is 19.9 Å². The highest BCUT2D eigenvalue weighted by Crippen LogP contribution is 2.34. The number of hydrogen-bond donors (Lipinski definition) is 0. The van der Waals surface area contributed by atoms with Gasteiger partial charge in [-0.05, 0) is 35.2 Å². The van der Waals surface area contributed by atoms with Crippen LogP contribution in [-0.4, -0.2) is 0 Å². The Kier molecular flexibility index (Phi) is 3.76. The first-order valence-electron chi connectivity index (χ1n) is 5.55. The highest BCUT2D eigenvalue weighted by molar-refractivity contribution is 6.34. The second kappa shape index (κ2) is 5.12. The van der Waals surface area contributed by atoms with Gasteiger partial charge in [0.05, 0.1) is 5.02 Å². The van der Waals surface area contributed by atoms with E-state index in [1.807, 2.05) is 36.4 Å². The predicted molar refractivity (Wildman–Crippen MR) is 74.8 cm³/mol. The molecule has 1 radical (unpaired) electrons. The fraction of sp³-hybridized carbons (Fsp3) is 0.200. The Bertz CT molecular complexity index is 530. The SMILES string of the molecule is CC(C)c1cc[c]c(-c2cccc(Cl)c2)c1Cl. The van der Waals surface area contributed by atoms with Crippen LogP contribution in [0.5, 0.6) is 0 Å². The van der Waals surface area contributed by atoms with Gasteiger partial charge < -0.3 is 0 Å². The molecule has 0 bridgehead atoms. The molecule has 0 aliphatic rings. The van der Waals surface area contributed by atoms with Crippen LogP contribution in [0.1, 0.15) is 25.3 Å². The summed E-state index contributed by atoms with van der Waals surface area (Å²) in [5, 5.41) is 1.48. The Hall–Kier alpha value is -0.980. The van der Waals surface area contributed by atoms with Crippen LogP contribution in [0, 0.1) is 6.07 Å². The van der Waals surface area contributed by atoms with Gasteiger partial charge in [0.2, 0.25) is 0 Å². The number of halogens is 2. The van der Waals surface area contributed by atoms with Gasteiger partial charge in [-0.15, -0.1) is 0 Å². The van der Waals surface area contributed by atoms with Crippen molar-refractivity contribution in [3.8, 4) is 11.1 Å². The molecule has 0 spiro atoms. The summed E-state index contributed by atoms with van der Waals surface area (Å²) in [4.78, 5) is 0. The molecular weight excluding hydrogens is 251 g/mol. The summed E-state index contributed by atoms with van der Waals surface area (Å²) in [7, 11) is 0. The number of rotatable bonds is 2. The summed E-state index contributed by atoms with van der Waals surface area (Å²) >= 11 is 12.4. The van der Waals surface area contributed by atoms with Gasteiger partial charge in [-0.2, -0.15) is 0 Å². The molecule has 0 amide bonds. The van der Waals surface area contributed by atoms with Crippen LogP contribution in [0.2, 0.25) is 10.0 Å². The first-order valence-corrected chi connectivity index (χ1v) is 6.31. The van der Waals surface area contributed by atoms with E-state index in [0.29, 0.717) is 10.9 Å². The first kappa shape index (κ1) is 12.5. The lowest BCUT2D eigenvalue weighted by Gasteiger charge is -2.12. The molecule has 17 heavy (non-hydrogen) atoms. The van der Waals surface area contributed by atoms with Gasteiger partial charge in [-0.25, -0.2) is 0 Å². The average Bonchev–Trinajstić information content (AvgIpc) is 2.29. The summed E-state index contributed by atoms with van der Waals surface area (Å²) in [5.74, 6) is 0.398. The Labute approximate surface area is 112 Å². The monoisotopic (exact) mass is 263 g/mol. The van der Waals surface area contributed by atoms with Crippen LogP contribution in [0.3, 0.4) is 0 Å². The van der Waals surface area contributed by atoms with Crippen molar-refractivity contribution in [1.29, 1.82) is 0 Å². The molecule has 87 valence electrons. The normalized spacial score (nSPS) is 10.9. The molecule has 0 fully saturated rings. The topological polar surface area (TPSA) is 0 Å². The average molecular weight is 264 g/mol. The Morgan fingerprint density at radius 1 is 1.12 bits per heavy atom. The molecule has 0 N–H and O–H groups in total. The van der Waals surface area contributed by atoms with E-state index < -0.39 is 0 Å². The molecule has 0 saturated heterocycles. The van der Waals surface area contributed by atoms with Crippen molar-refractivity contribution in [3.05, 3.63) is 58.1 Å². The van der Waals surface area contributed by atoms with E-state index in [-0.39, 0.29) is 0 Å². The fourth-order valence-electron chi connectivity index (χ4n) is 1.80. The van der Waals surface area contributed by atoms with Crippen molar-refractivity contribution < 1.29 is 0 Å². The van der Waals surface area contributed by atoms with Gasteiger partial charge >= 0.3 is 0 Å². The molecule has 2 rings (SSSR count). The summed E-state index contributed by atoms with van der Waals surface area (Å²) < 4.78 is 0. The van der Waals surface area contributed by atoms with E-state index >= 15 is 0 Å². The predicted octanol–water partition coefficient (Wildman–Crippen LogP) is 5.58. The van der Waals surface area contributed by atoms with Crippen molar-refractivity contribution >= 4 is 23.2 Å². The molecule has 0 saturated carbocycles. The lowest BCUT2D eigenvalue weighted by atomic mass is 9.97. The van der Waals surface area contributed by atoms with Crippen molar-refractivity contribution in [2.45, 2.75) is 19.8 Å². The van der Waals surface area contributed by atoms with Crippen molar-refractivity contribution in [2.24, 2.45) is 0 Å². The van der Waals surface area contributed by atoms with Gasteiger partial charge in [-0.1, -0.05) is 61.3 Å². The molecule has 0 aliphatic heterocycles. The maximum Gasteiger partial charge on any atom is 0.0525 e. The van der Waals surface area contributed by atoms with Crippen LogP contribution in [0.4, 0.5) is 0 Å². The molecule has 2 heteroatoms. The highest BCUT2D eigenvalue weighted by atomic mass is 35.5. The van der Waals surface area contributed by atoms with Gasteiger partial charge in [0.1, 0.15) is 0 Å². The van der Waals surface area contributed by atoms with Crippen LogP contribution in [0.15, 0.2) is 36.4 Å². The third kappa shape index (κ3) is 2.65. The van der Waals surface area contributed by atoms with E-state index in [1.54, 1.807) is 0 Å². The quantitative estimate of drug-likeness (QED) is 0.663. The van der Waals surface area contributed by atoms with Crippen LogP contribution in [0.25, 0.3) is 11.1 Å². The second-order valence-electron chi connectivity index (χ2n) is 4.29. The molecule has 2 aromatic carbocycles. The summed E-state index contributed by atoms with van der Waals surface area (Å²) in [6, 6.07) is 14.8. The van der Waals surface area contributed by atoms with Crippen LogP contribution >= 0.6 is 23.2 Å². The van der Waals surface area contributed by atoms with Gasteiger partial charge in [-0.3, -0.25) is 0 Å². The molecule has 0 atom stereocenters. The zero-order chi connectivity index (χ0) is 12.4. The first-order chi connectivity index (χ1) is 8.09. The molecule has 0 aromatic heterocycles. The summed E-state index contributed by atoms with van der Waals surface area (Å²) in [6.45, 7) is 4.26. The lowest BCUT2D eigenvalue weighted by molar-refractivity contribution is 0.867. The largest absolute Gasteiger partial charge is 0.0843 e. The smallest absolute Gasteiger partial charge is 0.0525 e. The lowest BCUT2D eigenvalue weighted by Crippen LogP contribution is -1.91. The zero-order valence-corrected chi connectivity index (χ0v) is 11.3. The number of hydrogen-bond acceptors (Lipinski definition) is 0. The van der Waals surface area contributed by atoms with E-state index in [1.165, 1.54) is 0 Å². The molecule has 0 aliphatic carbocycles.